The van der Waals surface area contributed by atoms with Crippen LogP contribution in [-0.2, 0) is 4.79 Å². The summed E-state index contributed by atoms with van der Waals surface area (Å²) in [5.74, 6) is 1.67. The molecule has 1 amide bonds. The number of hydrogen-bond acceptors (Lipinski definition) is 4. The lowest BCUT2D eigenvalue weighted by atomic mass is 10.0. The molecule has 1 unspecified atom stereocenters. The van der Waals surface area contributed by atoms with E-state index in [2.05, 4.69) is 17.5 Å². The van der Waals surface area contributed by atoms with Crippen molar-refractivity contribution in [3.63, 3.8) is 0 Å². The average molecular weight is 290 g/mol. The fourth-order valence-electron chi connectivity index (χ4n) is 2.47. The number of nitrogens with one attached hydrogen (secondary N) is 1. The quantitative estimate of drug-likeness (QED) is 0.819. The number of hydrogen-bond donors (Lipinski definition) is 1. The van der Waals surface area contributed by atoms with Gasteiger partial charge < -0.3 is 9.47 Å². The standard InChI is InChI=1S/C16H22N2O3/c1-3-12-5-4-6-15(12)17-18-16(19)11-21-14-9-7-13(20-2)8-10-14/h7-10,12H,3-6,11H2,1-2H3,(H,18,19)/b17-15+. The molecular formula is C16H22N2O3. The van der Waals surface area contributed by atoms with Crippen LogP contribution in [0.1, 0.15) is 32.6 Å². The van der Waals surface area contributed by atoms with Crippen LogP contribution in [0.5, 0.6) is 11.5 Å². The van der Waals surface area contributed by atoms with Gasteiger partial charge in [-0.1, -0.05) is 6.92 Å². The number of carbonyl (C=O) groups is 1. The third-order valence-corrected chi connectivity index (χ3v) is 3.70. The Hall–Kier alpha value is -2.04. The second-order valence-electron chi connectivity index (χ2n) is 5.10. The normalized spacial score (nSPS) is 19.5. The van der Waals surface area contributed by atoms with Gasteiger partial charge in [0.15, 0.2) is 6.61 Å². The summed E-state index contributed by atoms with van der Waals surface area (Å²) in [5, 5.41) is 4.23. The first-order valence-electron chi connectivity index (χ1n) is 7.35. The van der Waals surface area contributed by atoms with Crippen LogP contribution in [0.25, 0.3) is 0 Å². The van der Waals surface area contributed by atoms with E-state index in [1.165, 1.54) is 6.42 Å². The minimum Gasteiger partial charge on any atom is -0.497 e. The maximum Gasteiger partial charge on any atom is 0.277 e. The van der Waals surface area contributed by atoms with Gasteiger partial charge in [-0.3, -0.25) is 4.79 Å². The molecule has 0 spiro atoms. The fourth-order valence-corrected chi connectivity index (χ4v) is 2.47. The minimum atomic E-state index is -0.236. The Morgan fingerprint density at radius 2 is 2.05 bits per heavy atom. The number of rotatable bonds is 6. The summed E-state index contributed by atoms with van der Waals surface area (Å²) in [6, 6.07) is 7.11. The predicted molar refractivity (Wildman–Crippen MR) is 81.7 cm³/mol. The monoisotopic (exact) mass is 290 g/mol. The summed E-state index contributed by atoms with van der Waals surface area (Å²) < 4.78 is 10.5. The van der Waals surface area contributed by atoms with Crippen LogP contribution in [0.15, 0.2) is 29.4 Å². The molecule has 1 aromatic rings. The molecule has 1 aliphatic rings. The maximum absolute atomic E-state index is 11.7. The van der Waals surface area contributed by atoms with Gasteiger partial charge in [-0.15, -0.1) is 0 Å². The van der Waals surface area contributed by atoms with Gasteiger partial charge in [0, 0.05) is 5.71 Å². The van der Waals surface area contributed by atoms with Crippen molar-refractivity contribution >= 4 is 11.6 Å². The van der Waals surface area contributed by atoms with Crippen LogP contribution >= 0.6 is 0 Å². The molecule has 114 valence electrons. The van der Waals surface area contributed by atoms with Crippen molar-refractivity contribution in [2.45, 2.75) is 32.6 Å². The van der Waals surface area contributed by atoms with Gasteiger partial charge >= 0.3 is 0 Å². The Kier molecular flexibility index (Phi) is 5.60. The zero-order chi connectivity index (χ0) is 15.1. The van der Waals surface area contributed by atoms with E-state index in [4.69, 9.17) is 9.47 Å². The number of benzene rings is 1. The Balaban J connectivity index is 1.78. The van der Waals surface area contributed by atoms with Crippen LogP contribution in [0.3, 0.4) is 0 Å². The van der Waals surface area contributed by atoms with E-state index in [-0.39, 0.29) is 12.5 Å². The smallest absolute Gasteiger partial charge is 0.277 e. The molecule has 1 fully saturated rings. The highest BCUT2D eigenvalue weighted by Gasteiger charge is 2.20. The lowest BCUT2D eigenvalue weighted by Gasteiger charge is -2.08. The topological polar surface area (TPSA) is 59.9 Å². The van der Waals surface area contributed by atoms with Gasteiger partial charge in [0.25, 0.3) is 5.91 Å². The zero-order valence-corrected chi connectivity index (χ0v) is 12.6. The Morgan fingerprint density at radius 3 is 2.71 bits per heavy atom. The van der Waals surface area contributed by atoms with Crippen LogP contribution in [0.2, 0.25) is 0 Å². The number of methoxy groups -OCH3 is 1. The molecule has 1 saturated carbocycles. The number of hydrazone groups is 1. The second kappa shape index (κ2) is 7.67. The first kappa shape index (κ1) is 15.4. The third-order valence-electron chi connectivity index (χ3n) is 3.70. The molecule has 0 radical (unpaired) electrons. The van der Waals surface area contributed by atoms with Crippen molar-refractivity contribution in [2.24, 2.45) is 11.0 Å². The maximum atomic E-state index is 11.7. The molecule has 0 saturated heterocycles. The summed E-state index contributed by atoms with van der Waals surface area (Å²) in [6.45, 7) is 2.11. The molecule has 1 N–H and O–H groups in total. The van der Waals surface area contributed by atoms with Crippen molar-refractivity contribution < 1.29 is 14.3 Å². The highest BCUT2D eigenvalue weighted by Crippen LogP contribution is 2.24. The minimum absolute atomic E-state index is 0.0418. The molecule has 0 aromatic heterocycles. The molecule has 1 atom stereocenters. The molecule has 21 heavy (non-hydrogen) atoms. The van der Waals surface area contributed by atoms with Gasteiger partial charge in [-0.05, 0) is 55.9 Å². The largest absolute Gasteiger partial charge is 0.497 e. The van der Waals surface area contributed by atoms with Gasteiger partial charge in [-0.2, -0.15) is 5.10 Å². The van der Waals surface area contributed by atoms with Crippen LogP contribution in [-0.4, -0.2) is 25.3 Å². The molecular weight excluding hydrogens is 268 g/mol. The number of amides is 1. The first-order valence-corrected chi connectivity index (χ1v) is 7.35. The lowest BCUT2D eigenvalue weighted by molar-refractivity contribution is -0.123. The van der Waals surface area contributed by atoms with E-state index < -0.39 is 0 Å². The van der Waals surface area contributed by atoms with E-state index in [0.717, 1.165) is 30.7 Å². The van der Waals surface area contributed by atoms with Crippen molar-refractivity contribution in [3.8, 4) is 11.5 Å². The predicted octanol–water partition coefficient (Wildman–Crippen LogP) is 2.76. The van der Waals surface area contributed by atoms with Crippen LogP contribution in [0.4, 0.5) is 0 Å². The molecule has 0 bridgehead atoms. The average Bonchev–Trinajstić information content (AvgIpc) is 2.99. The zero-order valence-electron chi connectivity index (χ0n) is 12.6. The highest BCUT2D eigenvalue weighted by molar-refractivity contribution is 5.89. The molecule has 2 rings (SSSR count). The Morgan fingerprint density at radius 1 is 1.33 bits per heavy atom. The summed E-state index contributed by atoms with van der Waals surface area (Å²) in [6.07, 6.45) is 4.40. The highest BCUT2D eigenvalue weighted by atomic mass is 16.5. The van der Waals surface area contributed by atoms with Gasteiger partial charge in [0.2, 0.25) is 0 Å². The molecule has 0 aliphatic heterocycles. The van der Waals surface area contributed by atoms with E-state index in [9.17, 15) is 4.79 Å². The van der Waals surface area contributed by atoms with Gasteiger partial charge in [0.05, 0.1) is 7.11 Å². The number of nitrogens with zero attached hydrogens (tertiary/aromatic N) is 1. The van der Waals surface area contributed by atoms with Crippen LogP contribution in [0, 0.1) is 5.92 Å². The van der Waals surface area contributed by atoms with E-state index in [0.29, 0.717) is 11.7 Å². The van der Waals surface area contributed by atoms with E-state index in [1.807, 2.05) is 0 Å². The molecule has 0 heterocycles. The Labute approximate surface area is 125 Å². The molecule has 5 nitrogen and oxygen atoms in total. The van der Waals surface area contributed by atoms with E-state index >= 15 is 0 Å². The lowest BCUT2D eigenvalue weighted by Crippen LogP contribution is -2.26. The summed E-state index contributed by atoms with van der Waals surface area (Å²) in [5.41, 5.74) is 3.69. The first-order chi connectivity index (χ1) is 10.2. The Bertz CT molecular complexity index is 497. The van der Waals surface area contributed by atoms with E-state index in [1.54, 1.807) is 31.4 Å². The van der Waals surface area contributed by atoms with Gasteiger partial charge in [0.1, 0.15) is 11.5 Å². The van der Waals surface area contributed by atoms with Gasteiger partial charge in [-0.25, -0.2) is 5.43 Å². The molecule has 5 heteroatoms. The summed E-state index contributed by atoms with van der Waals surface area (Å²) >= 11 is 0. The second-order valence-corrected chi connectivity index (χ2v) is 5.10. The number of ether oxygens (including phenoxy) is 2. The fraction of sp³-hybridized carbons (Fsp3) is 0.500. The SMILES string of the molecule is CCC1CCC/C1=N\NC(=O)COc1ccc(OC)cc1. The van der Waals surface area contributed by atoms with Crippen molar-refractivity contribution in [3.05, 3.63) is 24.3 Å². The summed E-state index contributed by atoms with van der Waals surface area (Å²) in [7, 11) is 1.61. The van der Waals surface area contributed by atoms with Crippen molar-refractivity contribution in [1.29, 1.82) is 0 Å². The molecule has 1 aliphatic carbocycles. The van der Waals surface area contributed by atoms with Crippen LogP contribution < -0.4 is 14.9 Å². The third kappa shape index (κ3) is 4.48. The van der Waals surface area contributed by atoms with Crippen molar-refractivity contribution in [2.75, 3.05) is 13.7 Å². The van der Waals surface area contributed by atoms with Crippen molar-refractivity contribution in [1.82, 2.24) is 5.43 Å². The molecule has 1 aromatic carbocycles. The number of carbonyl (C=O) groups excluding carboxylic acids is 1. The summed E-state index contributed by atoms with van der Waals surface area (Å²) in [4.78, 5) is 11.7.